The molecular formula is C16H24N2O. The average molecular weight is 260 g/mol. The molecule has 3 nitrogen and oxygen atoms in total. The van der Waals surface area contributed by atoms with E-state index in [1.165, 1.54) is 24.1 Å². The van der Waals surface area contributed by atoms with Crippen molar-refractivity contribution in [2.75, 3.05) is 18.0 Å². The molecule has 104 valence electrons. The van der Waals surface area contributed by atoms with Crippen molar-refractivity contribution < 1.29 is 5.11 Å². The van der Waals surface area contributed by atoms with Gasteiger partial charge in [-0.3, -0.25) is 0 Å². The molecule has 1 saturated carbocycles. The summed E-state index contributed by atoms with van der Waals surface area (Å²) < 4.78 is 0. The highest BCUT2D eigenvalue weighted by molar-refractivity contribution is 5.61. The van der Waals surface area contributed by atoms with E-state index in [0.717, 1.165) is 32.4 Å². The molecule has 1 aromatic carbocycles. The Morgan fingerprint density at radius 3 is 2.79 bits per heavy atom. The number of fused-ring (bicyclic) bond motifs is 1. The number of anilines is 1. The van der Waals surface area contributed by atoms with Crippen LogP contribution in [0.5, 0.6) is 0 Å². The van der Waals surface area contributed by atoms with Crippen LogP contribution < -0.4 is 10.6 Å². The third-order valence-electron chi connectivity index (χ3n) is 4.71. The number of rotatable bonds is 3. The smallest absolute Gasteiger partial charge is 0.0743 e. The minimum Gasteiger partial charge on any atom is -0.391 e. The number of aliphatic hydroxyl groups is 1. The van der Waals surface area contributed by atoms with E-state index in [0.29, 0.717) is 12.0 Å². The summed E-state index contributed by atoms with van der Waals surface area (Å²) in [7, 11) is 0. The Hall–Kier alpha value is -1.06. The van der Waals surface area contributed by atoms with Gasteiger partial charge in [-0.1, -0.05) is 31.0 Å². The zero-order chi connectivity index (χ0) is 13.2. The van der Waals surface area contributed by atoms with Crippen molar-refractivity contribution >= 4 is 5.69 Å². The Morgan fingerprint density at radius 1 is 1.21 bits per heavy atom. The van der Waals surface area contributed by atoms with Gasteiger partial charge in [0.15, 0.2) is 0 Å². The Morgan fingerprint density at radius 2 is 2.00 bits per heavy atom. The summed E-state index contributed by atoms with van der Waals surface area (Å²) in [6.07, 6.45) is 5.34. The van der Waals surface area contributed by atoms with Crippen LogP contribution in [0.2, 0.25) is 0 Å². The number of hydrogen-bond donors (Lipinski definition) is 2. The van der Waals surface area contributed by atoms with E-state index < -0.39 is 0 Å². The van der Waals surface area contributed by atoms with Gasteiger partial charge in [-0.05, 0) is 37.4 Å². The molecule has 3 unspecified atom stereocenters. The molecule has 1 aromatic rings. The summed E-state index contributed by atoms with van der Waals surface area (Å²) in [5.41, 5.74) is 8.50. The van der Waals surface area contributed by atoms with Gasteiger partial charge >= 0.3 is 0 Å². The molecule has 0 bridgehead atoms. The molecule has 1 heterocycles. The minimum absolute atomic E-state index is 0.168. The molecule has 3 rings (SSSR count). The van der Waals surface area contributed by atoms with Crippen LogP contribution in [0.4, 0.5) is 5.69 Å². The fourth-order valence-electron chi connectivity index (χ4n) is 3.75. The molecular weight excluding hydrogens is 236 g/mol. The van der Waals surface area contributed by atoms with Crippen LogP contribution >= 0.6 is 0 Å². The quantitative estimate of drug-likeness (QED) is 0.876. The number of benzene rings is 1. The first kappa shape index (κ1) is 12.9. The van der Waals surface area contributed by atoms with Gasteiger partial charge in [0.2, 0.25) is 0 Å². The largest absolute Gasteiger partial charge is 0.391 e. The van der Waals surface area contributed by atoms with Crippen LogP contribution in [0.25, 0.3) is 0 Å². The van der Waals surface area contributed by atoms with E-state index in [2.05, 4.69) is 29.2 Å². The van der Waals surface area contributed by atoms with Gasteiger partial charge in [0.05, 0.1) is 12.1 Å². The fourth-order valence-corrected chi connectivity index (χ4v) is 3.75. The summed E-state index contributed by atoms with van der Waals surface area (Å²) in [4.78, 5) is 2.44. The zero-order valence-corrected chi connectivity index (χ0v) is 11.5. The van der Waals surface area contributed by atoms with Crippen molar-refractivity contribution in [1.29, 1.82) is 0 Å². The first-order valence-corrected chi connectivity index (χ1v) is 7.55. The predicted octanol–water partition coefficient (Wildman–Crippen LogP) is 2.24. The lowest BCUT2D eigenvalue weighted by atomic mass is 9.91. The third kappa shape index (κ3) is 2.37. The van der Waals surface area contributed by atoms with Crippen LogP contribution in [0.1, 0.15) is 43.6 Å². The second-order valence-electron chi connectivity index (χ2n) is 5.90. The lowest BCUT2D eigenvalue weighted by Gasteiger charge is -2.37. The van der Waals surface area contributed by atoms with E-state index in [-0.39, 0.29) is 6.10 Å². The zero-order valence-electron chi connectivity index (χ0n) is 11.5. The molecule has 0 spiro atoms. The maximum atomic E-state index is 10.3. The Kier molecular flexibility index (Phi) is 3.76. The predicted molar refractivity (Wildman–Crippen MR) is 78.5 cm³/mol. The van der Waals surface area contributed by atoms with Crippen LogP contribution in [-0.4, -0.2) is 30.3 Å². The van der Waals surface area contributed by atoms with Gasteiger partial charge in [0.1, 0.15) is 0 Å². The van der Waals surface area contributed by atoms with Gasteiger partial charge in [-0.15, -0.1) is 0 Å². The highest BCUT2D eigenvalue weighted by Gasteiger charge is 2.36. The fraction of sp³-hybridized carbons (Fsp3) is 0.625. The van der Waals surface area contributed by atoms with Crippen molar-refractivity contribution in [3.8, 4) is 0 Å². The van der Waals surface area contributed by atoms with Crippen LogP contribution in [0.15, 0.2) is 24.3 Å². The topological polar surface area (TPSA) is 49.5 Å². The van der Waals surface area contributed by atoms with Crippen LogP contribution in [-0.2, 0) is 0 Å². The number of hydrogen-bond acceptors (Lipinski definition) is 3. The number of nitrogens with two attached hydrogens (primary N) is 1. The van der Waals surface area contributed by atoms with Gasteiger partial charge in [0.25, 0.3) is 0 Å². The Balaban J connectivity index is 1.87. The van der Waals surface area contributed by atoms with Crippen molar-refractivity contribution in [1.82, 2.24) is 0 Å². The first-order chi connectivity index (χ1) is 9.31. The monoisotopic (exact) mass is 260 g/mol. The van der Waals surface area contributed by atoms with Crippen molar-refractivity contribution in [3.63, 3.8) is 0 Å². The lowest BCUT2D eigenvalue weighted by Crippen LogP contribution is -2.45. The number of para-hydroxylation sites is 1. The maximum Gasteiger partial charge on any atom is 0.0743 e. The highest BCUT2D eigenvalue weighted by Crippen LogP contribution is 2.41. The van der Waals surface area contributed by atoms with E-state index >= 15 is 0 Å². The standard InChI is InChI=1S/C16H24N2O/c17-10-9-12-11-18(14-6-2-1-5-13(12)14)15-7-3-4-8-16(15)19/h1-2,5-6,12,15-16,19H,3-4,7-11,17H2. The van der Waals surface area contributed by atoms with Crippen molar-refractivity contribution in [2.24, 2.45) is 5.73 Å². The Labute approximate surface area is 115 Å². The number of aliphatic hydroxyl groups excluding tert-OH is 1. The summed E-state index contributed by atoms with van der Waals surface area (Å²) in [6, 6.07) is 8.95. The van der Waals surface area contributed by atoms with Gasteiger partial charge in [0, 0.05) is 18.2 Å². The highest BCUT2D eigenvalue weighted by atomic mass is 16.3. The molecule has 0 aromatic heterocycles. The SMILES string of the molecule is NCCC1CN(C2CCCCC2O)c2ccccc21. The Bertz CT molecular complexity index is 435. The molecule has 3 heteroatoms. The van der Waals surface area contributed by atoms with Gasteiger partial charge in [-0.25, -0.2) is 0 Å². The molecule has 2 aliphatic rings. The second kappa shape index (κ2) is 5.51. The minimum atomic E-state index is -0.168. The molecule has 3 N–H and O–H groups in total. The summed E-state index contributed by atoms with van der Waals surface area (Å²) >= 11 is 0. The van der Waals surface area contributed by atoms with E-state index in [4.69, 9.17) is 5.73 Å². The molecule has 1 aliphatic carbocycles. The first-order valence-electron chi connectivity index (χ1n) is 7.55. The van der Waals surface area contributed by atoms with Crippen LogP contribution in [0, 0.1) is 0 Å². The van der Waals surface area contributed by atoms with Crippen molar-refractivity contribution in [3.05, 3.63) is 29.8 Å². The van der Waals surface area contributed by atoms with Gasteiger partial charge in [-0.2, -0.15) is 0 Å². The van der Waals surface area contributed by atoms with Crippen LogP contribution in [0.3, 0.4) is 0 Å². The normalized spacial score (nSPS) is 30.4. The molecule has 0 saturated heterocycles. The lowest BCUT2D eigenvalue weighted by molar-refractivity contribution is 0.104. The molecule has 3 atom stereocenters. The van der Waals surface area contributed by atoms with E-state index in [1.807, 2.05) is 0 Å². The molecule has 1 fully saturated rings. The summed E-state index contributed by atoms with van der Waals surface area (Å²) in [5, 5.41) is 10.3. The molecule has 0 radical (unpaired) electrons. The molecule has 19 heavy (non-hydrogen) atoms. The summed E-state index contributed by atoms with van der Waals surface area (Å²) in [5.74, 6) is 0.537. The molecule has 1 aliphatic heterocycles. The van der Waals surface area contributed by atoms with E-state index in [1.54, 1.807) is 0 Å². The third-order valence-corrected chi connectivity index (χ3v) is 4.71. The van der Waals surface area contributed by atoms with E-state index in [9.17, 15) is 5.11 Å². The maximum absolute atomic E-state index is 10.3. The molecule has 0 amide bonds. The average Bonchev–Trinajstić information content (AvgIpc) is 2.79. The number of nitrogens with zero attached hydrogens (tertiary/aromatic N) is 1. The van der Waals surface area contributed by atoms with Gasteiger partial charge < -0.3 is 15.7 Å². The second-order valence-corrected chi connectivity index (χ2v) is 5.90. The summed E-state index contributed by atoms with van der Waals surface area (Å²) in [6.45, 7) is 1.76. The van der Waals surface area contributed by atoms with Crippen molar-refractivity contribution in [2.45, 2.75) is 50.2 Å².